The molecule has 29 heavy (non-hydrogen) atoms. The molecular formula is C18H17ClN4O6. The van der Waals surface area contributed by atoms with E-state index in [1.807, 2.05) is 0 Å². The highest BCUT2D eigenvalue weighted by molar-refractivity contribution is 6.34. The van der Waals surface area contributed by atoms with E-state index in [0.29, 0.717) is 24.6 Å². The van der Waals surface area contributed by atoms with Crippen molar-refractivity contribution in [3.05, 3.63) is 51.0 Å². The first-order chi connectivity index (χ1) is 13.9. The van der Waals surface area contributed by atoms with Gasteiger partial charge in [-0.15, -0.1) is 0 Å². The number of fused-ring (bicyclic) bond motifs is 1. The fraction of sp³-hybridized carbons (Fsp3) is 0.222. The molecule has 0 unspecified atom stereocenters. The molecule has 2 amide bonds. The molecule has 152 valence electrons. The molecule has 0 spiro atoms. The number of hydrogen-bond acceptors (Lipinski definition) is 7. The van der Waals surface area contributed by atoms with Gasteiger partial charge in [0.2, 0.25) is 0 Å². The lowest BCUT2D eigenvalue weighted by atomic mass is 10.1. The van der Waals surface area contributed by atoms with Crippen molar-refractivity contribution in [2.45, 2.75) is 0 Å². The summed E-state index contributed by atoms with van der Waals surface area (Å²) < 4.78 is 10.2. The van der Waals surface area contributed by atoms with Crippen LogP contribution in [-0.4, -0.2) is 43.6 Å². The SMILES string of the molecule is COCCNc1ccc(C(=O)Nc2cc3c(cc2Cl)NC(=O)CO3)cc1[N+](=O)[O-]. The summed E-state index contributed by atoms with van der Waals surface area (Å²) in [6, 6.07) is 7.02. The van der Waals surface area contributed by atoms with Crippen molar-refractivity contribution in [3.63, 3.8) is 0 Å². The monoisotopic (exact) mass is 420 g/mol. The zero-order valence-corrected chi connectivity index (χ0v) is 16.0. The van der Waals surface area contributed by atoms with Gasteiger partial charge in [0.05, 0.1) is 27.9 Å². The first-order valence-electron chi connectivity index (χ1n) is 8.48. The smallest absolute Gasteiger partial charge is 0.293 e. The molecule has 3 rings (SSSR count). The van der Waals surface area contributed by atoms with Crippen molar-refractivity contribution in [3.8, 4) is 5.75 Å². The molecule has 0 radical (unpaired) electrons. The minimum Gasteiger partial charge on any atom is -0.482 e. The molecular weight excluding hydrogens is 404 g/mol. The molecule has 1 aliphatic heterocycles. The minimum atomic E-state index is -0.585. The van der Waals surface area contributed by atoms with E-state index in [9.17, 15) is 19.7 Å². The highest BCUT2D eigenvalue weighted by Crippen LogP contribution is 2.36. The molecule has 11 heteroatoms. The van der Waals surface area contributed by atoms with E-state index in [1.54, 1.807) is 0 Å². The van der Waals surface area contributed by atoms with Crippen molar-refractivity contribution in [2.24, 2.45) is 0 Å². The number of carbonyl (C=O) groups is 2. The Labute approximate surface area is 170 Å². The van der Waals surface area contributed by atoms with E-state index in [2.05, 4.69) is 16.0 Å². The number of benzene rings is 2. The van der Waals surface area contributed by atoms with Gasteiger partial charge >= 0.3 is 0 Å². The van der Waals surface area contributed by atoms with Crippen LogP contribution in [-0.2, 0) is 9.53 Å². The third-order valence-electron chi connectivity index (χ3n) is 4.03. The molecule has 2 aromatic carbocycles. The van der Waals surface area contributed by atoms with Crippen molar-refractivity contribution in [1.29, 1.82) is 0 Å². The summed E-state index contributed by atoms with van der Waals surface area (Å²) in [5.74, 6) is -0.539. The third kappa shape index (κ3) is 4.73. The molecule has 0 saturated heterocycles. The van der Waals surface area contributed by atoms with Crippen LogP contribution in [0.15, 0.2) is 30.3 Å². The number of methoxy groups -OCH3 is 1. The van der Waals surface area contributed by atoms with Crippen LogP contribution in [0, 0.1) is 10.1 Å². The molecule has 1 heterocycles. The van der Waals surface area contributed by atoms with E-state index in [-0.39, 0.29) is 40.2 Å². The van der Waals surface area contributed by atoms with Gasteiger partial charge in [-0.05, 0) is 18.2 Å². The lowest BCUT2D eigenvalue weighted by Crippen LogP contribution is -2.25. The van der Waals surface area contributed by atoms with Crippen LogP contribution in [0.2, 0.25) is 5.02 Å². The Balaban J connectivity index is 1.81. The number of carbonyl (C=O) groups excluding carboxylic acids is 2. The number of nitro benzene ring substituents is 1. The summed E-state index contributed by atoms with van der Waals surface area (Å²) in [6.07, 6.45) is 0. The van der Waals surface area contributed by atoms with Crippen LogP contribution in [0.3, 0.4) is 0 Å². The molecule has 10 nitrogen and oxygen atoms in total. The van der Waals surface area contributed by atoms with Crippen LogP contribution in [0.4, 0.5) is 22.7 Å². The van der Waals surface area contributed by atoms with Crippen molar-refractivity contribution in [1.82, 2.24) is 0 Å². The van der Waals surface area contributed by atoms with Crippen LogP contribution >= 0.6 is 11.6 Å². The van der Waals surface area contributed by atoms with Gasteiger partial charge in [0.25, 0.3) is 17.5 Å². The van der Waals surface area contributed by atoms with Gasteiger partial charge in [-0.25, -0.2) is 0 Å². The number of rotatable bonds is 7. The number of nitrogens with zero attached hydrogens (tertiary/aromatic N) is 1. The molecule has 2 aromatic rings. The number of nitrogens with one attached hydrogen (secondary N) is 3. The van der Waals surface area contributed by atoms with Crippen molar-refractivity contribution >= 4 is 46.2 Å². The number of anilines is 3. The molecule has 0 bridgehead atoms. The molecule has 0 aliphatic carbocycles. The molecule has 0 saturated carbocycles. The van der Waals surface area contributed by atoms with Crippen molar-refractivity contribution < 1.29 is 24.0 Å². The quantitative estimate of drug-likeness (QED) is 0.356. The maximum atomic E-state index is 12.6. The van der Waals surface area contributed by atoms with Gasteiger partial charge in [0.1, 0.15) is 11.4 Å². The van der Waals surface area contributed by atoms with Gasteiger partial charge in [-0.3, -0.25) is 19.7 Å². The average molecular weight is 421 g/mol. The van der Waals surface area contributed by atoms with Gasteiger partial charge in [0.15, 0.2) is 6.61 Å². The first kappa shape index (κ1) is 20.4. The number of nitro groups is 1. The second-order valence-electron chi connectivity index (χ2n) is 6.03. The predicted molar refractivity (Wildman–Crippen MR) is 107 cm³/mol. The molecule has 1 aliphatic rings. The highest BCUT2D eigenvalue weighted by atomic mass is 35.5. The van der Waals surface area contributed by atoms with Crippen molar-refractivity contribution in [2.75, 3.05) is 42.8 Å². The highest BCUT2D eigenvalue weighted by Gasteiger charge is 2.21. The minimum absolute atomic E-state index is 0.0806. The molecule has 0 atom stereocenters. The zero-order valence-electron chi connectivity index (χ0n) is 15.3. The number of amides is 2. The number of hydrogen-bond donors (Lipinski definition) is 3. The lowest BCUT2D eigenvalue weighted by Gasteiger charge is -2.19. The van der Waals surface area contributed by atoms with Crippen LogP contribution < -0.4 is 20.7 Å². The Morgan fingerprint density at radius 1 is 1.34 bits per heavy atom. The Morgan fingerprint density at radius 3 is 2.86 bits per heavy atom. The Morgan fingerprint density at radius 2 is 2.14 bits per heavy atom. The van der Waals surface area contributed by atoms with Crippen LogP contribution in [0.1, 0.15) is 10.4 Å². The molecule has 3 N–H and O–H groups in total. The summed E-state index contributed by atoms with van der Waals surface area (Å²) >= 11 is 6.17. The fourth-order valence-corrected chi connectivity index (χ4v) is 2.86. The molecule has 0 aromatic heterocycles. The first-order valence-corrected chi connectivity index (χ1v) is 8.85. The lowest BCUT2D eigenvalue weighted by molar-refractivity contribution is -0.384. The number of halogens is 1. The zero-order chi connectivity index (χ0) is 21.0. The van der Waals surface area contributed by atoms with Gasteiger partial charge < -0.3 is 25.4 Å². The van der Waals surface area contributed by atoms with Gasteiger partial charge in [-0.1, -0.05) is 11.6 Å². The summed E-state index contributed by atoms with van der Waals surface area (Å²) in [4.78, 5) is 34.7. The normalized spacial score (nSPS) is 12.4. The second kappa shape index (κ2) is 8.76. The maximum absolute atomic E-state index is 12.6. The summed E-state index contributed by atoms with van der Waals surface area (Å²) in [7, 11) is 1.52. The fourth-order valence-electron chi connectivity index (χ4n) is 2.65. The van der Waals surface area contributed by atoms with E-state index in [4.69, 9.17) is 21.1 Å². The summed E-state index contributed by atoms with van der Waals surface area (Å²) in [5.41, 5.74) is 0.760. The topological polar surface area (TPSA) is 132 Å². The maximum Gasteiger partial charge on any atom is 0.293 e. The van der Waals surface area contributed by atoms with Gasteiger partial charge in [0, 0.05) is 31.4 Å². The van der Waals surface area contributed by atoms with Crippen LogP contribution in [0.25, 0.3) is 0 Å². The number of ether oxygens (including phenoxy) is 2. The van der Waals surface area contributed by atoms with E-state index in [0.717, 1.165) is 0 Å². The molecule has 0 fully saturated rings. The summed E-state index contributed by atoms with van der Waals surface area (Å²) in [6.45, 7) is 0.606. The third-order valence-corrected chi connectivity index (χ3v) is 4.34. The average Bonchev–Trinajstić information content (AvgIpc) is 2.69. The largest absolute Gasteiger partial charge is 0.482 e. The Hall–Kier alpha value is -3.37. The Bertz CT molecular complexity index is 981. The van der Waals surface area contributed by atoms with E-state index >= 15 is 0 Å². The standard InChI is InChI=1S/C18H17ClN4O6/c1-28-5-4-20-12-3-2-10(6-15(12)23(26)27)18(25)22-13-8-16-14(7-11(13)19)21-17(24)9-29-16/h2-3,6-8,20H,4-5,9H2,1H3,(H,21,24)(H,22,25). The van der Waals surface area contributed by atoms with E-state index < -0.39 is 10.8 Å². The second-order valence-corrected chi connectivity index (χ2v) is 6.44. The Kier molecular flexibility index (Phi) is 6.15. The summed E-state index contributed by atoms with van der Waals surface area (Å²) in [5, 5.41) is 19.6. The van der Waals surface area contributed by atoms with E-state index in [1.165, 1.54) is 37.4 Å². The van der Waals surface area contributed by atoms with Gasteiger partial charge in [-0.2, -0.15) is 0 Å². The predicted octanol–water partition coefficient (Wildman–Crippen LogP) is 2.89. The van der Waals surface area contributed by atoms with Crippen LogP contribution in [0.5, 0.6) is 5.75 Å².